The predicted molar refractivity (Wildman–Crippen MR) is 103 cm³/mol. The second-order valence-electron chi connectivity index (χ2n) is 5.88. The summed E-state index contributed by atoms with van der Waals surface area (Å²) in [7, 11) is 0. The maximum atomic E-state index is 9.06. The van der Waals surface area contributed by atoms with Crippen LogP contribution in [0.1, 0.15) is 16.7 Å². The van der Waals surface area contributed by atoms with E-state index in [0.717, 1.165) is 33.7 Å². The van der Waals surface area contributed by atoms with Crippen LogP contribution >= 0.6 is 11.6 Å². The van der Waals surface area contributed by atoms with Gasteiger partial charge in [-0.1, -0.05) is 29.8 Å². The number of anilines is 2. The summed E-state index contributed by atoms with van der Waals surface area (Å²) in [4.78, 5) is 11.9. The van der Waals surface area contributed by atoms with E-state index >= 15 is 0 Å². The van der Waals surface area contributed by atoms with Gasteiger partial charge >= 0.3 is 0 Å². The van der Waals surface area contributed by atoms with Gasteiger partial charge in [-0.25, -0.2) is 9.97 Å². The molecular weight excluding hydrogens is 346 g/mol. The maximum Gasteiger partial charge on any atom is 0.137 e. The van der Waals surface area contributed by atoms with E-state index in [4.69, 9.17) is 16.9 Å². The van der Waals surface area contributed by atoms with Crippen molar-refractivity contribution in [1.82, 2.24) is 15.0 Å². The molecule has 0 amide bonds. The molecule has 6 heteroatoms. The minimum absolute atomic E-state index is 0.552. The molecule has 0 spiro atoms. The number of hydrogen-bond donors (Lipinski definition) is 2. The van der Waals surface area contributed by atoms with Gasteiger partial charge in [0.15, 0.2) is 0 Å². The normalized spacial score (nSPS) is 10.6. The average Bonchev–Trinajstić information content (AvgIpc) is 3.07. The fourth-order valence-corrected chi connectivity index (χ4v) is 2.97. The number of nitrogens with one attached hydrogen (secondary N) is 2. The molecule has 0 atom stereocenters. The van der Waals surface area contributed by atoms with Crippen molar-refractivity contribution in [2.75, 3.05) is 5.32 Å². The Kier molecular flexibility index (Phi) is 4.26. The molecule has 0 aliphatic carbocycles. The van der Waals surface area contributed by atoms with Crippen LogP contribution in [0.4, 0.5) is 11.5 Å². The van der Waals surface area contributed by atoms with Crippen LogP contribution in [0.25, 0.3) is 11.0 Å². The van der Waals surface area contributed by atoms with Crippen LogP contribution in [-0.4, -0.2) is 15.0 Å². The lowest BCUT2D eigenvalue weighted by molar-refractivity contribution is 1.15. The number of pyridine rings is 2. The summed E-state index contributed by atoms with van der Waals surface area (Å²) in [5.74, 6) is 0.731. The third-order valence-corrected chi connectivity index (χ3v) is 4.43. The Bertz CT molecular complexity index is 1110. The summed E-state index contributed by atoms with van der Waals surface area (Å²) in [6.45, 7) is 0. The number of nitrogens with zero attached hydrogens (tertiary/aromatic N) is 3. The predicted octanol–water partition coefficient (Wildman–Crippen LogP) is 4.82. The molecule has 4 aromatic rings. The van der Waals surface area contributed by atoms with Crippen molar-refractivity contribution in [2.24, 2.45) is 0 Å². The molecule has 0 unspecified atom stereocenters. The topological polar surface area (TPSA) is 77.4 Å². The second kappa shape index (κ2) is 6.87. The number of hydrogen-bond acceptors (Lipinski definition) is 4. The number of H-pyrrole nitrogens is 1. The van der Waals surface area contributed by atoms with Gasteiger partial charge in [0.1, 0.15) is 17.5 Å². The van der Waals surface area contributed by atoms with Crippen molar-refractivity contribution < 1.29 is 0 Å². The van der Waals surface area contributed by atoms with E-state index < -0.39 is 0 Å². The molecule has 1 aromatic carbocycles. The van der Waals surface area contributed by atoms with Crippen LogP contribution in [0.2, 0.25) is 5.02 Å². The molecule has 5 nitrogen and oxygen atoms in total. The zero-order valence-corrected chi connectivity index (χ0v) is 14.5. The Morgan fingerprint density at radius 3 is 2.77 bits per heavy atom. The van der Waals surface area contributed by atoms with E-state index in [9.17, 15) is 0 Å². The molecule has 0 bridgehead atoms. The summed E-state index contributed by atoms with van der Waals surface area (Å²) in [6, 6.07) is 15.5. The van der Waals surface area contributed by atoms with E-state index in [-0.39, 0.29) is 0 Å². The number of aromatic amines is 1. The highest BCUT2D eigenvalue weighted by Crippen LogP contribution is 2.25. The lowest BCUT2D eigenvalue weighted by atomic mass is 10.1. The summed E-state index contributed by atoms with van der Waals surface area (Å²) < 4.78 is 0. The molecule has 3 heterocycles. The number of para-hydroxylation sites is 1. The van der Waals surface area contributed by atoms with Gasteiger partial charge in [-0.2, -0.15) is 5.26 Å². The molecule has 26 heavy (non-hydrogen) atoms. The standard InChI is InChI=1S/C20H14ClN5/c21-17-3-1-2-4-18(17)26-19-6-5-13(10-23-19)7-15-12-25-20-16(15)8-14(9-22)11-24-20/h1-6,8,10-12H,7H2,(H,23,26)(H,24,25). The van der Waals surface area contributed by atoms with Crippen LogP contribution in [0.3, 0.4) is 0 Å². The van der Waals surface area contributed by atoms with Crippen molar-refractivity contribution in [2.45, 2.75) is 6.42 Å². The summed E-state index contributed by atoms with van der Waals surface area (Å²) in [5, 5.41) is 13.9. The largest absolute Gasteiger partial charge is 0.346 e. The Morgan fingerprint density at radius 1 is 1.12 bits per heavy atom. The van der Waals surface area contributed by atoms with Gasteiger partial charge in [0.05, 0.1) is 16.3 Å². The molecule has 2 N–H and O–H groups in total. The molecular formula is C20H14ClN5. The number of aromatic nitrogens is 3. The van der Waals surface area contributed by atoms with Gasteiger partial charge in [0.25, 0.3) is 0 Å². The minimum atomic E-state index is 0.552. The molecule has 0 saturated heterocycles. The van der Waals surface area contributed by atoms with Gasteiger partial charge in [0.2, 0.25) is 0 Å². The third-order valence-electron chi connectivity index (χ3n) is 4.10. The first-order valence-electron chi connectivity index (χ1n) is 8.05. The smallest absolute Gasteiger partial charge is 0.137 e. The van der Waals surface area contributed by atoms with Crippen LogP contribution < -0.4 is 5.32 Å². The molecule has 0 aliphatic heterocycles. The number of halogens is 1. The Hall–Kier alpha value is -3.36. The van der Waals surface area contributed by atoms with Gasteiger partial charge in [-0.15, -0.1) is 0 Å². The van der Waals surface area contributed by atoms with Crippen molar-refractivity contribution in [1.29, 1.82) is 5.26 Å². The van der Waals surface area contributed by atoms with Crippen molar-refractivity contribution in [3.8, 4) is 6.07 Å². The first-order valence-corrected chi connectivity index (χ1v) is 8.43. The fourth-order valence-electron chi connectivity index (χ4n) is 2.79. The number of fused-ring (bicyclic) bond motifs is 1. The first kappa shape index (κ1) is 16.1. The summed E-state index contributed by atoms with van der Waals surface area (Å²) in [6.07, 6.45) is 6.03. The first-order chi connectivity index (χ1) is 12.7. The van der Waals surface area contributed by atoms with Crippen LogP contribution in [0.5, 0.6) is 0 Å². The monoisotopic (exact) mass is 359 g/mol. The minimum Gasteiger partial charge on any atom is -0.346 e. The molecule has 0 fully saturated rings. The highest BCUT2D eigenvalue weighted by molar-refractivity contribution is 6.33. The zero-order valence-electron chi connectivity index (χ0n) is 13.7. The van der Waals surface area contributed by atoms with E-state index in [2.05, 4.69) is 26.3 Å². The van der Waals surface area contributed by atoms with Gasteiger partial charge in [0, 0.05) is 30.4 Å². The van der Waals surface area contributed by atoms with Crippen molar-refractivity contribution in [3.63, 3.8) is 0 Å². The van der Waals surface area contributed by atoms with Gasteiger partial charge in [-0.05, 0) is 35.4 Å². The molecule has 0 saturated carbocycles. The molecule has 0 aliphatic rings. The molecule has 126 valence electrons. The van der Waals surface area contributed by atoms with Gasteiger partial charge in [-0.3, -0.25) is 0 Å². The van der Waals surface area contributed by atoms with E-state index in [1.54, 1.807) is 6.20 Å². The average molecular weight is 360 g/mol. The quantitative estimate of drug-likeness (QED) is 0.547. The second-order valence-corrected chi connectivity index (χ2v) is 6.29. The van der Waals surface area contributed by atoms with E-state index in [1.807, 2.05) is 54.9 Å². The number of rotatable bonds is 4. The maximum absolute atomic E-state index is 9.06. The summed E-state index contributed by atoms with van der Waals surface area (Å²) >= 11 is 6.16. The van der Waals surface area contributed by atoms with Crippen LogP contribution in [-0.2, 0) is 6.42 Å². The fraction of sp³-hybridized carbons (Fsp3) is 0.0500. The molecule has 4 rings (SSSR count). The van der Waals surface area contributed by atoms with E-state index in [1.165, 1.54) is 0 Å². The Morgan fingerprint density at radius 2 is 2.00 bits per heavy atom. The van der Waals surface area contributed by atoms with Crippen molar-refractivity contribution in [3.05, 3.63) is 82.8 Å². The van der Waals surface area contributed by atoms with Crippen molar-refractivity contribution >= 4 is 34.1 Å². The van der Waals surface area contributed by atoms with Crippen LogP contribution in [0, 0.1) is 11.3 Å². The number of nitriles is 1. The Balaban J connectivity index is 1.55. The third kappa shape index (κ3) is 3.23. The highest BCUT2D eigenvalue weighted by atomic mass is 35.5. The van der Waals surface area contributed by atoms with Gasteiger partial charge < -0.3 is 10.3 Å². The zero-order chi connectivity index (χ0) is 17.9. The molecule has 0 radical (unpaired) electrons. The lowest BCUT2D eigenvalue weighted by Crippen LogP contribution is -1.95. The van der Waals surface area contributed by atoms with E-state index in [0.29, 0.717) is 17.0 Å². The Labute approximate surface area is 155 Å². The molecule has 3 aromatic heterocycles. The van der Waals surface area contributed by atoms with Crippen LogP contribution in [0.15, 0.2) is 61.1 Å². The lowest BCUT2D eigenvalue weighted by Gasteiger charge is -2.08. The highest BCUT2D eigenvalue weighted by Gasteiger charge is 2.08. The SMILES string of the molecule is N#Cc1cnc2[nH]cc(Cc3ccc(Nc4ccccc4Cl)nc3)c2c1. The number of benzene rings is 1. The summed E-state index contributed by atoms with van der Waals surface area (Å²) in [5.41, 5.74) is 4.30.